The SMILES string of the molecule is NC(=NCC1CCCCS1)Nc1cc(F)ccc1F. The van der Waals surface area contributed by atoms with E-state index in [1.54, 1.807) is 0 Å². The average Bonchev–Trinajstić information content (AvgIpc) is 2.42. The molecule has 0 spiro atoms. The summed E-state index contributed by atoms with van der Waals surface area (Å²) >= 11 is 1.89. The van der Waals surface area contributed by atoms with Crippen molar-refractivity contribution in [3.63, 3.8) is 0 Å². The molecule has 0 aliphatic carbocycles. The number of halogens is 2. The van der Waals surface area contributed by atoms with Crippen molar-refractivity contribution >= 4 is 23.4 Å². The molecule has 6 heteroatoms. The monoisotopic (exact) mass is 285 g/mol. The Kier molecular flexibility index (Phi) is 5.01. The van der Waals surface area contributed by atoms with Gasteiger partial charge in [0.1, 0.15) is 11.6 Å². The maximum Gasteiger partial charge on any atom is 0.193 e. The van der Waals surface area contributed by atoms with E-state index in [-0.39, 0.29) is 11.6 Å². The van der Waals surface area contributed by atoms with Crippen LogP contribution in [0.1, 0.15) is 19.3 Å². The number of guanidine groups is 1. The first-order valence-corrected chi connectivity index (χ1v) is 7.33. The van der Waals surface area contributed by atoms with Crippen LogP contribution < -0.4 is 11.1 Å². The molecule has 3 nitrogen and oxygen atoms in total. The highest BCUT2D eigenvalue weighted by Gasteiger charge is 2.13. The fourth-order valence-electron chi connectivity index (χ4n) is 1.92. The molecular formula is C13H17F2N3S. The van der Waals surface area contributed by atoms with Gasteiger partial charge in [-0.1, -0.05) is 6.42 Å². The minimum Gasteiger partial charge on any atom is -0.370 e. The predicted octanol–water partition coefficient (Wildman–Crippen LogP) is 2.98. The van der Waals surface area contributed by atoms with E-state index in [4.69, 9.17) is 5.73 Å². The molecule has 3 N–H and O–H groups in total. The first-order valence-electron chi connectivity index (χ1n) is 6.29. The Hall–Kier alpha value is -1.30. The number of aliphatic imine (C=N–C) groups is 1. The van der Waals surface area contributed by atoms with Gasteiger partial charge >= 0.3 is 0 Å². The molecule has 19 heavy (non-hydrogen) atoms. The lowest BCUT2D eigenvalue weighted by molar-refractivity contribution is 0.604. The second-order valence-electron chi connectivity index (χ2n) is 4.46. The predicted molar refractivity (Wildman–Crippen MR) is 76.6 cm³/mol. The van der Waals surface area contributed by atoms with Gasteiger partial charge in [-0.2, -0.15) is 11.8 Å². The van der Waals surface area contributed by atoms with Crippen LogP contribution in [-0.2, 0) is 0 Å². The standard InChI is InChI=1S/C13H17F2N3S/c14-9-4-5-11(15)12(7-9)18-13(16)17-8-10-3-1-2-6-19-10/h4-5,7,10H,1-3,6,8H2,(H3,16,17,18). The fourth-order valence-corrected chi connectivity index (χ4v) is 3.14. The van der Waals surface area contributed by atoms with E-state index < -0.39 is 11.6 Å². The Morgan fingerprint density at radius 3 is 3.00 bits per heavy atom. The molecular weight excluding hydrogens is 268 g/mol. The Morgan fingerprint density at radius 2 is 2.26 bits per heavy atom. The summed E-state index contributed by atoms with van der Waals surface area (Å²) in [5.41, 5.74) is 5.69. The highest BCUT2D eigenvalue weighted by molar-refractivity contribution is 7.99. The van der Waals surface area contributed by atoms with Gasteiger partial charge in [0.25, 0.3) is 0 Å². The molecule has 0 saturated carbocycles. The van der Waals surface area contributed by atoms with Crippen molar-refractivity contribution in [3.8, 4) is 0 Å². The summed E-state index contributed by atoms with van der Waals surface area (Å²) in [6.45, 7) is 0.612. The Bertz CT molecular complexity index is 459. The van der Waals surface area contributed by atoms with Crippen LogP contribution in [0.2, 0.25) is 0 Å². The number of benzene rings is 1. The maximum absolute atomic E-state index is 13.4. The molecule has 2 rings (SSSR count). The van der Waals surface area contributed by atoms with Crippen molar-refractivity contribution in [3.05, 3.63) is 29.8 Å². The third-order valence-electron chi connectivity index (χ3n) is 2.93. The fraction of sp³-hybridized carbons (Fsp3) is 0.462. The van der Waals surface area contributed by atoms with Crippen LogP contribution in [0.25, 0.3) is 0 Å². The molecule has 0 aromatic heterocycles. The van der Waals surface area contributed by atoms with E-state index in [2.05, 4.69) is 10.3 Å². The number of anilines is 1. The summed E-state index contributed by atoms with van der Waals surface area (Å²) < 4.78 is 26.4. The Balaban J connectivity index is 1.92. The number of hydrogen-bond donors (Lipinski definition) is 2. The zero-order valence-corrected chi connectivity index (χ0v) is 11.4. The molecule has 104 valence electrons. The number of nitrogens with zero attached hydrogens (tertiary/aromatic N) is 1. The van der Waals surface area contributed by atoms with Crippen molar-refractivity contribution in [1.82, 2.24) is 0 Å². The van der Waals surface area contributed by atoms with E-state index in [9.17, 15) is 8.78 Å². The van der Waals surface area contributed by atoms with Crippen molar-refractivity contribution in [2.45, 2.75) is 24.5 Å². The van der Waals surface area contributed by atoms with Gasteiger partial charge in [-0.25, -0.2) is 8.78 Å². The lowest BCUT2D eigenvalue weighted by Crippen LogP contribution is -2.25. The van der Waals surface area contributed by atoms with Gasteiger partial charge in [-0.3, -0.25) is 4.99 Å². The highest BCUT2D eigenvalue weighted by Crippen LogP contribution is 2.25. The lowest BCUT2D eigenvalue weighted by Gasteiger charge is -2.19. The van der Waals surface area contributed by atoms with Gasteiger partial charge in [-0.05, 0) is 30.7 Å². The third kappa shape index (κ3) is 4.38. The van der Waals surface area contributed by atoms with E-state index >= 15 is 0 Å². The van der Waals surface area contributed by atoms with Gasteiger partial charge in [0.15, 0.2) is 5.96 Å². The topological polar surface area (TPSA) is 50.4 Å². The van der Waals surface area contributed by atoms with E-state index in [0.717, 1.165) is 30.4 Å². The zero-order chi connectivity index (χ0) is 13.7. The first kappa shape index (κ1) is 14.1. The number of thioether (sulfide) groups is 1. The Labute approximate surface area is 115 Å². The summed E-state index contributed by atoms with van der Waals surface area (Å²) in [5.74, 6) is 0.216. The second-order valence-corrected chi connectivity index (χ2v) is 5.87. The molecule has 1 aliphatic rings. The molecule has 1 unspecified atom stereocenters. The van der Waals surface area contributed by atoms with Gasteiger partial charge < -0.3 is 11.1 Å². The maximum atomic E-state index is 13.4. The second kappa shape index (κ2) is 6.75. The summed E-state index contributed by atoms with van der Waals surface area (Å²) in [4.78, 5) is 4.19. The molecule has 1 saturated heterocycles. The molecule has 0 radical (unpaired) electrons. The van der Waals surface area contributed by atoms with Crippen LogP contribution in [-0.4, -0.2) is 23.5 Å². The van der Waals surface area contributed by atoms with E-state index in [1.165, 1.54) is 12.8 Å². The molecule has 1 heterocycles. The van der Waals surface area contributed by atoms with Crippen molar-refractivity contribution in [2.75, 3.05) is 17.6 Å². The molecule has 1 aliphatic heterocycles. The summed E-state index contributed by atoms with van der Waals surface area (Å²) in [7, 11) is 0. The van der Waals surface area contributed by atoms with Crippen molar-refractivity contribution < 1.29 is 8.78 Å². The van der Waals surface area contributed by atoms with Crippen LogP contribution in [0, 0.1) is 11.6 Å². The van der Waals surface area contributed by atoms with Gasteiger partial charge in [0.2, 0.25) is 0 Å². The van der Waals surface area contributed by atoms with Crippen LogP contribution in [0.5, 0.6) is 0 Å². The van der Waals surface area contributed by atoms with Crippen LogP contribution in [0.15, 0.2) is 23.2 Å². The first-order chi connectivity index (χ1) is 9.15. The minimum absolute atomic E-state index is 0.0116. The lowest BCUT2D eigenvalue weighted by atomic mass is 10.2. The normalized spacial score (nSPS) is 20.3. The average molecular weight is 285 g/mol. The molecule has 1 atom stereocenters. The van der Waals surface area contributed by atoms with Crippen LogP contribution in [0.4, 0.5) is 14.5 Å². The van der Waals surface area contributed by atoms with Crippen LogP contribution >= 0.6 is 11.8 Å². The van der Waals surface area contributed by atoms with Gasteiger partial charge in [0, 0.05) is 11.3 Å². The molecule has 1 aromatic carbocycles. The number of nitrogens with two attached hydrogens (primary N) is 1. The number of nitrogens with one attached hydrogen (secondary N) is 1. The quantitative estimate of drug-likeness (QED) is 0.663. The molecule has 1 aromatic rings. The summed E-state index contributed by atoms with van der Waals surface area (Å²) in [5, 5.41) is 3.07. The van der Waals surface area contributed by atoms with Gasteiger partial charge in [0.05, 0.1) is 12.2 Å². The molecule has 0 amide bonds. The minimum atomic E-state index is -0.549. The third-order valence-corrected chi connectivity index (χ3v) is 4.31. The van der Waals surface area contributed by atoms with Crippen LogP contribution in [0.3, 0.4) is 0 Å². The summed E-state index contributed by atoms with van der Waals surface area (Å²) in [6.07, 6.45) is 3.61. The largest absolute Gasteiger partial charge is 0.370 e. The van der Waals surface area contributed by atoms with Crippen molar-refractivity contribution in [2.24, 2.45) is 10.7 Å². The number of rotatable bonds is 3. The highest BCUT2D eigenvalue weighted by atomic mass is 32.2. The zero-order valence-electron chi connectivity index (χ0n) is 10.5. The smallest absolute Gasteiger partial charge is 0.193 e. The molecule has 0 bridgehead atoms. The molecule has 1 fully saturated rings. The Morgan fingerprint density at radius 1 is 1.42 bits per heavy atom. The van der Waals surface area contributed by atoms with E-state index in [1.807, 2.05) is 11.8 Å². The van der Waals surface area contributed by atoms with Crippen molar-refractivity contribution in [1.29, 1.82) is 0 Å². The van der Waals surface area contributed by atoms with Gasteiger partial charge in [-0.15, -0.1) is 0 Å². The van der Waals surface area contributed by atoms with E-state index in [0.29, 0.717) is 11.8 Å². The summed E-state index contributed by atoms with van der Waals surface area (Å²) in [6, 6.07) is 3.18. The number of hydrogen-bond acceptors (Lipinski definition) is 2.